The second-order valence-electron chi connectivity index (χ2n) is 3.84. The van der Waals surface area contributed by atoms with E-state index in [4.69, 9.17) is 0 Å². The van der Waals surface area contributed by atoms with Gasteiger partial charge in [-0.1, -0.05) is 0 Å². The molecule has 8 nitrogen and oxygen atoms in total. The maximum atomic E-state index is 10.5. The molecule has 0 aliphatic carbocycles. The van der Waals surface area contributed by atoms with E-state index in [1.54, 1.807) is 10.9 Å². The normalized spacial score (nSPS) is 12.1. The molecule has 1 atom stereocenters. The monoisotopic (exact) mass is 248 g/mol. The third-order valence-corrected chi connectivity index (χ3v) is 2.42. The van der Waals surface area contributed by atoms with E-state index in [0.29, 0.717) is 5.95 Å². The molecule has 18 heavy (non-hydrogen) atoms. The van der Waals surface area contributed by atoms with Gasteiger partial charge in [-0.3, -0.25) is 14.8 Å². The predicted octanol–water partition coefficient (Wildman–Crippen LogP) is 1.29. The SMILES string of the molecule is CC(Nc1ncc([N+](=O)[O-])cn1)c1cnn(C)c1. The number of rotatable bonds is 4. The maximum Gasteiger partial charge on any atom is 0.305 e. The number of aromatic nitrogens is 4. The van der Waals surface area contributed by atoms with Gasteiger partial charge in [0.15, 0.2) is 0 Å². The largest absolute Gasteiger partial charge is 0.348 e. The van der Waals surface area contributed by atoms with Crippen LogP contribution in [-0.4, -0.2) is 24.7 Å². The van der Waals surface area contributed by atoms with Gasteiger partial charge in [0.05, 0.1) is 17.2 Å². The lowest BCUT2D eigenvalue weighted by molar-refractivity contribution is -0.385. The Hall–Kier alpha value is -2.51. The van der Waals surface area contributed by atoms with E-state index in [1.165, 1.54) is 12.4 Å². The van der Waals surface area contributed by atoms with Crippen molar-refractivity contribution in [1.29, 1.82) is 0 Å². The summed E-state index contributed by atoms with van der Waals surface area (Å²) in [5.74, 6) is 0.344. The van der Waals surface area contributed by atoms with Gasteiger partial charge in [-0.25, -0.2) is 9.97 Å². The van der Waals surface area contributed by atoms with Crippen molar-refractivity contribution in [2.45, 2.75) is 13.0 Å². The molecule has 0 amide bonds. The lowest BCUT2D eigenvalue weighted by Gasteiger charge is -2.10. The van der Waals surface area contributed by atoms with Gasteiger partial charge in [0.1, 0.15) is 12.4 Å². The van der Waals surface area contributed by atoms with Crippen molar-refractivity contribution in [1.82, 2.24) is 19.7 Å². The minimum absolute atomic E-state index is 0.0276. The first-order valence-electron chi connectivity index (χ1n) is 5.28. The number of nitrogens with zero attached hydrogens (tertiary/aromatic N) is 5. The van der Waals surface area contributed by atoms with E-state index in [0.717, 1.165) is 5.56 Å². The fourth-order valence-corrected chi connectivity index (χ4v) is 1.43. The fraction of sp³-hybridized carbons (Fsp3) is 0.300. The van der Waals surface area contributed by atoms with Crippen LogP contribution in [0.5, 0.6) is 0 Å². The zero-order chi connectivity index (χ0) is 13.1. The molecular formula is C10H12N6O2. The first-order chi connectivity index (χ1) is 8.56. The van der Waals surface area contributed by atoms with Gasteiger partial charge in [-0.05, 0) is 6.92 Å². The summed E-state index contributed by atoms with van der Waals surface area (Å²) in [7, 11) is 1.83. The molecule has 2 aromatic rings. The van der Waals surface area contributed by atoms with E-state index in [1.807, 2.05) is 20.2 Å². The van der Waals surface area contributed by atoms with Crippen molar-refractivity contribution in [3.8, 4) is 0 Å². The lowest BCUT2D eigenvalue weighted by Crippen LogP contribution is -2.08. The zero-order valence-corrected chi connectivity index (χ0v) is 9.94. The number of nitrogens with one attached hydrogen (secondary N) is 1. The molecule has 1 unspecified atom stereocenters. The molecule has 0 fully saturated rings. The Balaban J connectivity index is 2.07. The number of hydrogen-bond acceptors (Lipinski definition) is 6. The highest BCUT2D eigenvalue weighted by atomic mass is 16.6. The number of aryl methyl sites for hydroxylation is 1. The second kappa shape index (κ2) is 4.78. The fourth-order valence-electron chi connectivity index (χ4n) is 1.43. The van der Waals surface area contributed by atoms with Crippen molar-refractivity contribution < 1.29 is 4.92 Å². The minimum Gasteiger partial charge on any atom is -0.348 e. The highest BCUT2D eigenvalue weighted by Crippen LogP contribution is 2.16. The van der Waals surface area contributed by atoms with Gasteiger partial charge in [-0.2, -0.15) is 5.10 Å². The Morgan fingerprint density at radius 3 is 2.56 bits per heavy atom. The highest BCUT2D eigenvalue weighted by Gasteiger charge is 2.11. The Morgan fingerprint density at radius 1 is 1.39 bits per heavy atom. The molecular weight excluding hydrogens is 236 g/mol. The molecule has 2 rings (SSSR count). The van der Waals surface area contributed by atoms with Crippen LogP contribution in [0.15, 0.2) is 24.8 Å². The summed E-state index contributed by atoms with van der Waals surface area (Å²) in [6.07, 6.45) is 5.96. The Bertz CT molecular complexity index is 550. The van der Waals surface area contributed by atoms with Crippen molar-refractivity contribution in [3.05, 3.63) is 40.5 Å². The molecule has 0 aliphatic rings. The summed E-state index contributed by atoms with van der Waals surface area (Å²) < 4.78 is 1.70. The molecule has 0 bridgehead atoms. The van der Waals surface area contributed by atoms with Gasteiger partial charge >= 0.3 is 5.69 Å². The molecule has 8 heteroatoms. The topological polar surface area (TPSA) is 98.8 Å². The van der Waals surface area contributed by atoms with E-state index in [2.05, 4.69) is 20.4 Å². The summed E-state index contributed by atoms with van der Waals surface area (Å²) in [6.45, 7) is 1.93. The minimum atomic E-state index is -0.533. The standard InChI is InChI=1S/C10H12N6O2/c1-7(8-3-13-15(2)6-8)14-10-11-4-9(5-12-10)16(17)18/h3-7H,1-2H3,(H,11,12,14). The smallest absolute Gasteiger partial charge is 0.305 e. The molecule has 0 spiro atoms. The van der Waals surface area contributed by atoms with Crippen LogP contribution in [0.4, 0.5) is 11.6 Å². The third kappa shape index (κ3) is 2.59. The van der Waals surface area contributed by atoms with Crippen LogP contribution in [-0.2, 0) is 7.05 Å². The molecule has 94 valence electrons. The molecule has 1 N–H and O–H groups in total. The van der Waals surface area contributed by atoms with Crippen LogP contribution in [0.1, 0.15) is 18.5 Å². The Kier molecular flexibility index (Phi) is 3.18. The molecule has 2 heterocycles. The van der Waals surface area contributed by atoms with Crippen molar-refractivity contribution in [2.24, 2.45) is 7.05 Å². The second-order valence-corrected chi connectivity index (χ2v) is 3.84. The summed E-state index contributed by atoms with van der Waals surface area (Å²) in [5, 5.41) is 17.6. The molecule has 0 aliphatic heterocycles. The number of hydrogen-bond donors (Lipinski definition) is 1. The first kappa shape index (κ1) is 12.0. The van der Waals surface area contributed by atoms with Crippen molar-refractivity contribution in [2.75, 3.05) is 5.32 Å². The predicted molar refractivity (Wildman–Crippen MR) is 63.9 cm³/mol. The van der Waals surface area contributed by atoms with Gasteiger partial charge in [0.2, 0.25) is 5.95 Å². The van der Waals surface area contributed by atoms with E-state index < -0.39 is 4.92 Å². The molecule has 0 saturated heterocycles. The summed E-state index contributed by atoms with van der Waals surface area (Å²) >= 11 is 0. The van der Waals surface area contributed by atoms with Gasteiger partial charge in [0.25, 0.3) is 0 Å². The average Bonchev–Trinajstić information content (AvgIpc) is 2.76. The molecule has 0 aromatic carbocycles. The van der Waals surface area contributed by atoms with Crippen LogP contribution in [0, 0.1) is 10.1 Å². The summed E-state index contributed by atoms with van der Waals surface area (Å²) in [5.41, 5.74) is 0.856. The average molecular weight is 248 g/mol. The highest BCUT2D eigenvalue weighted by molar-refractivity contribution is 5.33. The van der Waals surface area contributed by atoms with E-state index >= 15 is 0 Å². The Morgan fingerprint density at radius 2 is 2.06 bits per heavy atom. The molecule has 2 aromatic heterocycles. The van der Waals surface area contributed by atoms with Crippen LogP contribution < -0.4 is 5.32 Å². The van der Waals surface area contributed by atoms with Crippen molar-refractivity contribution >= 4 is 11.6 Å². The first-order valence-corrected chi connectivity index (χ1v) is 5.28. The van der Waals surface area contributed by atoms with Crippen LogP contribution in [0.3, 0.4) is 0 Å². The Labute approximate surface area is 103 Å². The van der Waals surface area contributed by atoms with E-state index in [9.17, 15) is 10.1 Å². The number of nitro groups is 1. The van der Waals surface area contributed by atoms with Crippen LogP contribution in [0.25, 0.3) is 0 Å². The lowest BCUT2D eigenvalue weighted by atomic mass is 10.2. The van der Waals surface area contributed by atoms with Gasteiger partial charge in [-0.15, -0.1) is 0 Å². The number of anilines is 1. The van der Waals surface area contributed by atoms with E-state index in [-0.39, 0.29) is 11.7 Å². The summed E-state index contributed by atoms with van der Waals surface area (Å²) in [6, 6.07) is -0.0276. The quantitative estimate of drug-likeness (QED) is 0.646. The molecule has 0 radical (unpaired) electrons. The van der Waals surface area contributed by atoms with Crippen LogP contribution in [0.2, 0.25) is 0 Å². The van der Waals surface area contributed by atoms with Gasteiger partial charge < -0.3 is 5.32 Å². The molecule has 0 saturated carbocycles. The van der Waals surface area contributed by atoms with Gasteiger partial charge in [0, 0.05) is 18.8 Å². The van der Waals surface area contributed by atoms with Crippen LogP contribution >= 0.6 is 0 Å². The summed E-state index contributed by atoms with van der Waals surface area (Å²) in [4.78, 5) is 17.7. The van der Waals surface area contributed by atoms with Crippen molar-refractivity contribution in [3.63, 3.8) is 0 Å². The third-order valence-electron chi connectivity index (χ3n) is 2.42. The maximum absolute atomic E-state index is 10.5. The zero-order valence-electron chi connectivity index (χ0n) is 9.94.